The number of nitrogens with zero attached hydrogens (tertiary/aromatic N) is 4. The second kappa shape index (κ2) is 3.24. The standard InChI is InChI=1S/C6H7N7O/c1-3-8-6(12-10-3)9-5(14)4-2-7-13-11-4/h2H,1H3,(H,7,11,13)(H2,8,9,10,12,14). The Balaban J connectivity index is 2.09. The minimum absolute atomic E-state index is 0.187. The van der Waals surface area contributed by atoms with Crippen molar-refractivity contribution >= 4 is 11.9 Å². The first-order valence-electron chi connectivity index (χ1n) is 3.82. The normalized spacial score (nSPS) is 10.1. The van der Waals surface area contributed by atoms with Gasteiger partial charge in [-0.3, -0.25) is 15.2 Å². The Morgan fingerprint density at radius 3 is 2.93 bits per heavy atom. The summed E-state index contributed by atoms with van der Waals surface area (Å²) >= 11 is 0. The molecule has 0 aromatic carbocycles. The van der Waals surface area contributed by atoms with E-state index in [0.717, 1.165) is 0 Å². The number of nitrogens with one attached hydrogen (secondary N) is 3. The minimum Gasteiger partial charge on any atom is -0.288 e. The number of aromatic nitrogens is 6. The molecule has 0 atom stereocenters. The van der Waals surface area contributed by atoms with Crippen LogP contribution in [0.3, 0.4) is 0 Å². The van der Waals surface area contributed by atoms with E-state index in [4.69, 9.17) is 0 Å². The molecule has 0 spiro atoms. The van der Waals surface area contributed by atoms with Crippen LogP contribution in [-0.2, 0) is 0 Å². The second-order valence-electron chi connectivity index (χ2n) is 2.55. The van der Waals surface area contributed by atoms with Crippen molar-refractivity contribution in [1.82, 2.24) is 30.6 Å². The van der Waals surface area contributed by atoms with Gasteiger partial charge in [0, 0.05) is 0 Å². The molecule has 14 heavy (non-hydrogen) atoms. The van der Waals surface area contributed by atoms with Crippen molar-refractivity contribution in [3.8, 4) is 0 Å². The molecule has 0 saturated heterocycles. The lowest BCUT2D eigenvalue weighted by molar-refractivity contribution is 0.102. The van der Waals surface area contributed by atoms with Crippen LogP contribution in [0.2, 0.25) is 0 Å². The average Bonchev–Trinajstić information content (AvgIpc) is 2.75. The molecule has 0 saturated carbocycles. The number of hydrogen-bond donors (Lipinski definition) is 3. The number of H-pyrrole nitrogens is 2. The Hall–Kier alpha value is -2.25. The van der Waals surface area contributed by atoms with Crippen LogP contribution in [0.4, 0.5) is 5.95 Å². The third kappa shape index (κ3) is 1.58. The molecule has 0 aliphatic heterocycles. The van der Waals surface area contributed by atoms with E-state index in [2.05, 4.69) is 35.9 Å². The topological polar surface area (TPSA) is 112 Å². The molecule has 2 aromatic rings. The Morgan fingerprint density at radius 2 is 2.36 bits per heavy atom. The van der Waals surface area contributed by atoms with Crippen molar-refractivity contribution in [3.63, 3.8) is 0 Å². The largest absolute Gasteiger partial charge is 0.288 e. The van der Waals surface area contributed by atoms with E-state index >= 15 is 0 Å². The van der Waals surface area contributed by atoms with Gasteiger partial charge < -0.3 is 0 Å². The first-order chi connectivity index (χ1) is 6.75. The summed E-state index contributed by atoms with van der Waals surface area (Å²) < 4.78 is 0. The maximum absolute atomic E-state index is 11.4. The fourth-order valence-electron chi connectivity index (χ4n) is 0.875. The third-order valence-corrected chi connectivity index (χ3v) is 1.47. The Bertz CT molecular complexity index is 431. The van der Waals surface area contributed by atoms with E-state index in [1.165, 1.54) is 6.20 Å². The van der Waals surface area contributed by atoms with Gasteiger partial charge in [0.2, 0.25) is 5.95 Å². The molecule has 0 aliphatic rings. The van der Waals surface area contributed by atoms with Gasteiger partial charge in [-0.05, 0) is 6.92 Å². The zero-order valence-corrected chi connectivity index (χ0v) is 7.27. The molecule has 8 heteroatoms. The van der Waals surface area contributed by atoms with Gasteiger partial charge in [0.1, 0.15) is 5.82 Å². The van der Waals surface area contributed by atoms with Crippen molar-refractivity contribution in [2.75, 3.05) is 5.32 Å². The summed E-state index contributed by atoms with van der Waals surface area (Å²) in [6.45, 7) is 1.73. The van der Waals surface area contributed by atoms with Crippen LogP contribution in [0.5, 0.6) is 0 Å². The summed E-state index contributed by atoms with van der Waals surface area (Å²) in [6, 6.07) is 0. The molecule has 0 aliphatic carbocycles. The number of rotatable bonds is 2. The first kappa shape index (κ1) is 8.35. The highest BCUT2D eigenvalue weighted by Gasteiger charge is 2.10. The molecule has 2 aromatic heterocycles. The maximum Gasteiger partial charge on any atom is 0.280 e. The highest BCUT2D eigenvalue weighted by Crippen LogP contribution is 1.99. The highest BCUT2D eigenvalue weighted by atomic mass is 16.2. The quantitative estimate of drug-likeness (QED) is 0.594. The molecule has 2 heterocycles. The van der Waals surface area contributed by atoms with E-state index < -0.39 is 5.91 Å². The van der Waals surface area contributed by atoms with Gasteiger partial charge in [-0.15, -0.1) is 5.10 Å². The minimum atomic E-state index is -0.405. The lowest BCUT2D eigenvalue weighted by atomic mass is 10.4. The zero-order valence-electron chi connectivity index (χ0n) is 7.27. The summed E-state index contributed by atoms with van der Waals surface area (Å²) in [5.41, 5.74) is 0.187. The van der Waals surface area contributed by atoms with Gasteiger partial charge in [-0.1, -0.05) is 0 Å². The number of hydrogen-bond acceptors (Lipinski definition) is 5. The lowest BCUT2D eigenvalue weighted by Gasteiger charge is -1.94. The number of aryl methyl sites for hydroxylation is 1. The van der Waals surface area contributed by atoms with E-state index in [0.29, 0.717) is 5.82 Å². The number of carbonyl (C=O) groups excluding carboxylic acids is 1. The fourth-order valence-corrected chi connectivity index (χ4v) is 0.875. The summed E-state index contributed by atoms with van der Waals surface area (Å²) in [5.74, 6) is 0.439. The monoisotopic (exact) mass is 193 g/mol. The molecule has 3 N–H and O–H groups in total. The van der Waals surface area contributed by atoms with Crippen molar-refractivity contribution < 1.29 is 4.79 Å². The van der Waals surface area contributed by atoms with Gasteiger partial charge in [0.25, 0.3) is 5.91 Å². The van der Waals surface area contributed by atoms with Crippen molar-refractivity contribution in [2.45, 2.75) is 6.92 Å². The lowest BCUT2D eigenvalue weighted by Crippen LogP contribution is -2.13. The van der Waals surface area contributed by atoms with Gasteiger partial charge in [-0.2, -0.15) is 20.4 Å². The number of carbonyl (C=O) groups is 1. The van der Waals surface area contributed by atoms with Crippen LogP contribution in [0.25, 0.3) is 0 Å². The van der Waals surface area contributed by atoms with E-state index in [-0.39, 0.29) is 11.6 Å². The SMILES string of the molecule is Cc1nc(NC(=O)c2cn[nH]n2)n[nH]1. The fraction of sp³-hybridized carbons (Fsp3) is 0.167. The van der Waals surface area contributed by atoms with Crippen LogP contribution < -0.4 is 5.32 Å². The Labute approximate surface area is 78.1 Å². The van der Waals surface area contributed by atoms with E-state index in [1.54, 1.807) is 6.92 Å². The summed E-state index contributed by atoms with van der Waals surface area (Å²) in [7, 11) is 0. The van der Waals surface area contributed by atoms with Gasteiger partial charge in [0.15, 0.2) is 5.69 Å². The predicted octanol–water partition coefficient (Wildman–Crippen LogP) is -0.516. The molecule has 8 nitrogen and oxygen atoms in total. The molecule has 0 bridgehead atoms. The summed E-state index contributed by atoms with van der Waals surface area (Å²) in [6.07, 6.45) is 1.31. The van der Waals surface area contributed by atoms with Crippen LogP contribution >= 0.6 is 0 Å². The second-order valence-corrected chi connectivity index (χ2v) is 2.55. The molecule has 2 rings (SSSR count). The predicted molar refractivity (Wildman–Crippen MR) is 45.5 cm³/mol. The average molecular weight is 193 g/mol. The van der Waals surface area contributed by atoms with Gasteiger partial charge in [0.05, 0.1) is 6.20 Å². The molecule has 1 amide bonds. The Morgan fingerprint density at radius 1 is 1.50 bits per heavy atom. The number of amides is 1. The maximum atomic E-state index is 11.4. The summed E-state index contributed by atoms with van der Waals surface area (Å²) in [5, 5.41) is 18.2. The molecular weight excluding hydrogens is 186 g/mol. The van der Waals surface area contributed by atoms with E-state index in [1.807, 2.05) is 0 Å². The Kier molecular flexibility index (Phi) is 1.94. The van der Waals surface area contributed by atoms with Gasteiger partial charge >= 0.3 is 0 Å². The highest BCUT2D eigenvalue weighted by molar-refractivity contribution is 6.01. The molecule has 0 unspecified atom stereocenters. The van der Waals surface area contributed by atoms with Crippen LogP contribution in [0.1, 0.15) is 16.3 Å². The molecular formula is C6H7N7O. The van der Waals surface area contributed by atoms with Crippen LogP contribution in [-0.4, -0.2) is 36.5 Å². The summed E-state index contributed by atoms with van der Waals surface area (Å²) in [4.78, 5) is 15.3. The van der Waals surface area contributed by atoms with E-state index in [9.17, 15) is 4.79 Å². The van der Waals surface area contributed by atoms with Gasteiger partial charge in [-0.25, -0.2) is 0 Å². The number of aromatic amines is 2. The number of anilines is 1. The van der Waals surface area contributed by atoms with Crippen LogP contribution in [0.15, 0.2) is 6.20 Å². The smallest absolute Gasteiger partial charge is 0.280 e. The first-order valence-corrected chi connectivity index (χ1v) is 3.82. The molecule has 0 radical (unpaired) electrons. The van der Waals surface area contributed by atoms with Crippen LogP contribution in [0, 0.1) is 6.92 Å². The van der Waals surface area contributed by atoms with Crippen molar-refractivity contribution in [1.29, 1.82) is 0 Å². The van der Waals surface area contributed by atoms with Crippen molar-refractivity contribution in [3.05, 3.63) is 17.7 Å². The van der Waals surface area contributed by atoms with Crippen molar-refractivity contribution in [2.24, 2.45) is 0 Å². The zero-order chi connectivity index (χ0) is 9.97. The molecule has 0 fully saturated rings. The third-order valence-electron chi connectivity index (χ3n) is 1.47. The molecule has 72 valence electrons.